The van der Waals surface area contributed by atoms with Gasteiger partial charge in [0.05, 0.1) is 36.9 Å². The van der Waals surface area contributed by atoms with E-state index >= 15 is 9.59 Å². The average Bonchev–Trinajstić information content (AvgIpc) is 3.24. The summed E-state index contributed by atoms with van der Waals surface area (Å²) < 4.78 is 32.3. The number of morpholine rings is 1. The molecule has 1 aromatic carbocycles. The van der Waals surface area contributed by atoms with Gasteiger partial charge in [-0.1, -0.05) is 29.4 Å². The van der Waals surface area contributed by atoms with E-state index in [1.165, 1.54) is 11.6 Å². The fourth-order valence-electron chi connectivity index (χ4n) is 10.2. The molecule has 1 aromatic rings. The van der Waals surface area contributed by atoms with Gasteiger partial charge in [0.2, 0.25) is 0 Å². The molecule has 53 heavy (non-hydrogen) atoms. The summed E-state index contributed by atoms with van der Waals surface area (Å²) in [5.74, 6) is -2.04. The average molecular weight is 730 g/mol. The molecule has 4 heterocycles. The smallest absolute Gasteiger partial charge is 0.330 e. The lowest BCUT2D eigenvalue weighted by molar-refractivity contribution is -0.215. The molecule has 1 spiro atoms. The third-order valence-electron chi connectivity index (χ3n) is 12.4. The maximum atomic E-state index is 15.6. The third-order valence-corrected chi connectivity index (χ3v) is 12.4. The number of fused-ring (bicyclic) bond motifs is 2. The van der Waals surface area contributed by atoms with Gasteiger partial charge in [-0.3, -0.25) is 14.5 Å². The zero-order valence-corrected chi connectivity index (χ0v) is 32.5. The lowest BCUT2D eigenvalue weighted by atomic mass is 9.44. The zero-order chi connectivity index (χ0) is 38.1. The normalized spacial score (nSPS) is 33.4. The number of Topliss-reactive ketones (excluding diaryl/α,β-unsaturated/α-hetero) is 2. The van der Waals surface area contributed by atoms with E-state index < -0.39 is 46.3 Å². The summed E-state index contributed by atoms with van der Waals surface area (Å²) in [6.45, 7) is 18.2. The van der Waals surface area contributed by atoms with Crippen molar-refractivity contribution in [2.45, 2.75) is 116 Å². The molecule has 3 aliphatic carbocycles. The highest BCUT2D eigenvalue weighted by molar-refractivity contribution is 6.10. The molecule has 0 amide bonds. The molecule has 3 saturated carbocycles. The van der Waals surface area contributed by atoms with Crippen LogP contribution in [-0.2, 0) is 30.2 Å². The van der Waals surface area contributed by atoms with Crippen LogP contribution in [0.1, 0.15) is 103 Å². The lowest BCUT2D eigenvalue weighted by Gasteiger charge is -2.64. The van der Waals surface area contributed by atoms with Crippen molar-refractivity contribution in [3.05, 3.63) is 58.2 Å². The van der Waals surface area contributed by atoms with Crippen LogP contribution < -0.4 is 9.47 Å². The van der Waals surface area contributed by atoms with Crippen LogP contribution in [-0.4, -0.2) is 88.9 Å². The quantitative estimate of drug-likeness (QED) is 0.158. The molecule has 4 aliphatic heterocycles. The minimum atomic E-state index is -1.58. The van der Waals surface area contributed by atoms with E-state index in [-0.39, 0.29) is 47.6 Å². The van der Waals surface area contributed by atoms with Crippen LogP contribution >= 0.6 is 0 Å². The number of ether oxygens (including phenoxy) is 5. The molecule has 10 nitrogen and oxygen atoms in total. The van der Waals surface area contributed by atoms with E-state index in [0.717, 1.165) is 12.0 Å². The Bertz CT molecular complexity index is 1820. The zero-order valence-electron chi connectivity index (χ0n) is 32.5. The lowest BCUT2D eigenvalue weighted by Crippen LogP contribution is -2.82. The second-order valence-corrected chi connectivity index (χ2v) is 16.9. The number of ketones is 2. The maximum absolute atomic E-state index is 15.6. The summed E-state index contributed by atoms with van der Waals surface area (Å²) in [5, 5.41) is 12.2. The van der Waals surface area contributed by atoms with Crippen LogP contribution in [0.5, 0.6) is 17.2 Å². The first-order valence-corrected chi connectivity index (χ1v) is 19.3. The summed E-state index contributed by atoms with van der Waals surface area (Å²) >= 11 is 0. The Morgan fingerprint density at radius 2 is 1.75 bits per heavy atom. The number of phenolic OH excluding ortho intramolecular Hbond substituents is 1. The fourth-order valence-corrected chi connectivity index (χ4v) is 10.2. The molecular weight excluding hydrogens is 674 g/mol. The van der Waals surface area contributed by atoms with Gasteiger partial charge in [-0.2, -0.15) is 0 Å². The Balaban J connectivity index is 1.46. The summed E-state index contributed by atoms with van der Waals surface area (Å²) in [5.41, 5.74) is -1.00. The monoisotopic (exact) mass is 729 g/mol. The van der Waals surface area contributed by atoms with Crippen LogP contribution in [0.2, 0.25) is 0 Å². The van der Waals surface area contributed by atoms with Crippen LogP contribution in [0.3, 0.4) is 0 Å². The first kappa shape index (κ1) is 37.6. The number of carbonyl (C=O) groups excluding carboxylic acids is 3. The van der Waals surface area contributed by atoms with Crippen LogP contribution in [0.25, 0.3) is 6.08 Å². The van der Waals surface area contributed by atoms with Gasteiger partial charge in [0, 0.05) is 49.0 Å². The van der Waals surface area contributed by atoms with Gasteiger partial charge < -0.3 is 28.8 Å². The molecule has 3 unspecified atom stereocenters. The minimum Gasteiger partial charge on any atom is -0.506 e. The van der Waals surface area contributed by atoms with Gasteiger partial charge >= 0.3 is 5.97 Å². The third kappa shape index (κ3) is 5.82. The number of rotatable bonds is 10. The van der Waals surface area contributed by atoms with E-state index in [4.69, 9.17) is 23.7 Å². The molecule has 7 atom stereocenters. The Morgan fingerprint density at radius 3 is 2.43 bits per heavy atom. The predicted molar refractivity (Wildman–Crippen MR) is 200 cm³/mol. The van der Waals surface area contributed by atoms with E-state index in [0.29, 0.717) is 62.4 Å². The SMILES string of the molecule is CCOC(=O)/C=C/C[C@]12OC(C)(C)C3C[C@H](C1=O)C(N1CCOCC1)C1C(=O)c4c(O)c5c(c(CC=C(C)C)c4O[C@]132)O[C@](C)(CCC=C(C)C)C=C5. The molecule has 10 heteroatoms. The standard InChI is InChI=1S/C43H55NO9/c1-9-50-31(45)13-11-18-42-39(48)29-24-30(40(6,7)53-42)43(42)33(34(29)44-20-22-49-23-21-44)36(47)32-35(46)27-16-19-41(8,17-10-12-25(2)3)51-37(27)28(38(32)52-43)15-14-26(4)5/h11-14,16,19,29-30,33-34,46H,9-10,15,17-18,20-24H2,1-8H3/b13-11+/t29-,30?,33?,34?,41+,42-,43-/m0/s1. The Morgan fingerprint density at radius 1 is 1.04 bits per heavy atom. The van der Waals surface area contributed by atoms with Gasteiger partial charge in [0.25, 0.3) is 0 Å². The van der Waals surface area contributed by atoms with E-state index in [1.54, 1.807) is 13.0 Å². The summed E-state index contributed by atoms with van der Waals surface area (Å²) in [7, 11) is 0. The number of allylic oxidation sites excluding steroid dienone is 4. The Hall–Kier alpha value is -3.73. The number of hydrogen-bond acceptors (Lipinski definition) is 10. The summed E-state index contributed by atoms with van der Waals surface area (Å²) in [6.07, 6.45) is 13.5. The fraction of sp³-hybridized carbons (Fsp3) is 0.605. The highest BCUT2D eigenvalue weighted by atomic mass is 16.6. The van der Waals surface area contributed by atoms with Crippen LogP contribution in [0, 0.1) is 17.8 Å². The highest BCUT2D eigenvalue weighted by Crippen LogP contribution is 2.71. The second-order valence-electron chi connectivity index (χ2n) is 16.9. The molecule has 0 radical (unpaired) electrons. The number of carbonyl (C=O) groups is 3. The van der Waals surface area contributed by atoms with E-state index in [1.807, 2.05) is 46.8 Å². The van der Waals surface area contributed by atoms with Gasteiger partial charge in [0.15, 0.2) is 22.8 Å². The van der Waals surface area contributed by atoms with E-state index in [9.17, 15) is 9.90 Å². The molecule has 2 saturated heterocycles. The summed E-state index contributed by atoms with van der Waals surface area (Å²) in [4.78, 5) is 45.5. The molecule has 5 fully saturated rings. The molecule has 8 rings (SSSR count). The summed E-state index contributed by atoms with van der Waals surface area (Å²) in [6, 6.07) is -0.482. The van der Waals surface area contributed by atoms with Gasteiger partial charge in [-0.05, 0) is 93.2 Å². The number of esters is 1. The second kappa shape index (κ2) is 13.5. The molecule has 286 valence electrons. The largest absolute Gasteiger partial charge is 0.506 e. The van der Waals surface area contributed by atoms with Crippen molar-refractivity contribution in [1.82, 2.24) is 4.90 Å². The number of phenols is 1. The van der Waals surface area contributed by atoms with Crippen LogP contribution in [0.15, 0.2) is 41.5 Å². The highest BCUT2D eigenvalue weighted by Gasteiger charge is 2.85. The molecule has 7 aliphatic rings. The van der Waals surface area contributed by atoms with Crippen molar-refractivity contribution in [3.63, 3.8) is 0 Å². The minimum absolute atomic E-state index is 0.0257. The van der Waals surface area contributed by atoms with Gasteiger partial charge in [-0.15, -0.1) is 0 Å². The molecule has 1 N–H and O–H groups in total. The van der Waals surface area contributed by atoms with Crippen molar-refractivity contribution in [2.75, 3.05) is 32.9 Å². The van der Waals surface area contributed by atoms with Crippen molar-refractivity contribution in [1.29, 1.82) is 0 Å². The Labute approximate surface area is 313 Å². The van der Waals surface area contributed by atoms with Crippen molar-refractivity contribution in [2.24, 2.45) is 17.8 Å². The first-order valence-electron chi connectivity index (χ1n) is 19.3. The van der Waals surface area contributed by atoms with E-state index in [2.05, 4.69) is 30.9 Å². The molecule has 4 bridgehead atoms. The van der Waals surface area contributed by atoms with Crippen molar-refractivity contribution in [3.8, 4) is 17.2 Å². The topological polar surface area (TPSA) is 121 Å². The maximum Gasteiger partial charge on any atom is 0.330 e. The number of benzene rings is 1. The van der Waals surface area contributed by atoms with Gasteiger partial charge in [0.1, 0.15) is 28.4 Å². The molecular formula is C43H55NO9. The van der Waals surface area contributed by atoms with Crippen LogP contribution in [0.4, 0.5) is 0 Å². The Kier molecular flexibility index (Phi) is 9.60. The van der Waals surface area contributed by atoms with Crippen molar-refractivity contribution < 1.29 is 43.2 Å². The molecule has 0 aromatic heterocycles. The number of aromatic hydroxyl groups is 1. The number of hydrogen-bond donors (Lipinski definition) is 1. The number of nitrogens with zero attached hydrogens (tertiary/aromatic N) is 1. The first-order chi connectivity index (χ1) is 25.1. The van der Waals surface area contributed by atoms with Crippen molar-refractivity contribution >= 4 is 23.6 Å². The van der Waals surface area contributed by atoms with Gasteiger partial charge in [-0.25, -0.2) is 4.79 Å². The predicted octanol–water partition coefficient (Wildman–Crippen LogP) is 6.72.